The average molecular weight is 448 g/mol. The first-order chi connectivity index (χ1) is 15.4. The van der Waals surface area contributed by atoms with E-state index < -0.39 is 6.36 Å². The summed E-state index contributed by atoms with van der Waals surface area (Å²) in [5.41, 5.74) is 2.23. The summed E-state index contributed by atoms with van der Waals surface area (Å²) >= 11 is 0. The van der Waals surface area contributed by atoms with Gasteiger partial charge in [0.2, 0.25) is 0 Å². The highest BCUT2D eigenvalue weighted by Gasteiger charge is 2.45. The van der Waals surface area contributed by atoms with Crippen molar-refractivity contribution >= 4 is 11.6 Å². The molecule has 2 aromatic rings. The Morgan fingerprint density at radius 1 is 1.09 bits per heavy atom. The third-order valence-corrected chi connectivity index (χ3v) is 6.33. The number of unbranched alkanes of at least 4 members (excludes halogenated alkanes) is 1. The molecule has 1 heterocycles. The third-order valence-electron chi connectivity index (χ3n) is 6.33. The van der Waals surface area contributed by atoms with Crippen molar-refractivity contribution in [2.24, 2.45) is 5.92 Å². The zero-order valence-corrected chi connectivity index (χ0v) is 17.6. The van der Waals surface area contributed by atoms with Gasteiger partial charge in [-0.05, 0) is 74.0 Å². The third kappa shape index (κ3) is 4.76. The zero-order chi connectivity index (χ0) is 22.7. The van der Waals surface area contributed by atoms with Crippen LogP contribution in [0.5, 0.6) is 5.75 Å². The molecular weight excluding hydrogens is 421 g/mol. The van der Waals surface area contributed by atoms with Gasteiger partial charge in [-0.25, -0.2) is 0 Å². The number of anilines is 1. The van der Waals surface area contributed by atoms with Crippen molar-refractivity contribution in [2.45, 2.75) is 50.6 Å². The molecular formula is C24H27F3N2O3. The molecule has 172 valence electrons. The maximum Gasteiger partial charge on any atom is 0.573 e. The molecule has 1 amide bonds. The number of rotatable bonds is 7. The Kier molecular flexibility index (Phi) is 6.71. The number of amides is 1. The fraction of sp³-hybridized carbons (Fsp3) is 0.458. The summed E-state index contributed by atoms with van der Waals surface area (Å²) in [5, 5.41) is 12.7. The van der Waals surface area contributed by atoms with Crippen LogP contribution < -0.4 is 15.0 Å². The lowest BCUT2D eigenvalue weighted by molar-refractivity contribution is -0.274. The van der Waals surface area contributed by atoms with Crippen molar-refractivity contribution in [2.75, 3.05) is 18.1 Å². The van der Waals surface area contributed by atoms with Gasteiger partial charge >= 0.3 is 6.36 Å². The van der Waals surface area contributed by atoms with Gasteiger partial charge in [-0.3, -0.25) is 4.79 Å². The van der Waals surface area contributed by atoms with Crippen LogP contribution in [0.2, 0.25) is 0 Å². The number of aliphatic hydroxyl groups excluding tert-OH is 1. The monoisotopic (exact) mass is 448 g/mol. The Balaban J connectivity index is 1.61. The molecule has 5 nitrogen and oxygen atoms in total. The number of nitrogens with one attached hydrogen (secondary N) is 1. The highest BCUT2D eigenvalue weighted by molar-refractivity contribution is 6.07. The fourth-order valence-corrected chi connectivity index (χ4v) is 5.01. The maximum absolute atomic E-state index is 13.5. The maximum atomic E-state index is 13.5. The van der Waals surface area contributed by atoms with Crippen molar-refractivity contribution in [1.82, 2.24) is 5.32 Å². The molecule has 1 aliphatic heterocycles. The Labute approximate surface area is 185 Å². The van der Waals surface area contributed by atoms with Gasteiger partial charge < -0.3 is 20.1 Å². The first-order valence-electron chi connectivity index (χ1n) is 11.0. The van der Waals surface area contributed by atoms with Crippen LogP contribution in [0.4, 0.5) is 18.9 Å². The van der Waals surface area contributed by atoms with Crippen LogP contribution in [0.3, 0.4) is 0 Å². The van der Waals surface area contributed by atoms with Gasteiger partial charge in [0, 0.05) is 29.9 Å². The number of fused-ring (bicyclic) bond motifs is 2. The largest absolute Gasteiger partial charge is 0.573 e. The lowest BCUT2D eigenvalue weighted by Gasteiger charge is -2.44. The molecule has 2 aliphatic rings. The van der Waals surface area contributed by atoms with Crippen LogP contribution in [0, 0.1) is 5.92 Å². The highest BCUT2D eigenvalue weighted by Crippen LogP contribution is 2.48. The number of hydrogen-bond donors (Lipinski definition) is 2. The molecule has 2 N–H and O–H groups in total. The minimum Gasteiger partial charge on any atom is -0.406 e. The molecule has 1 aliphatic carbocycles. The second-order valence-electron chi connectivity index (χ2n) is 8.33. The van der Waals surface area contributed by atoms with E-state index in [0.717, 1.165) is 49.9 Å². The van der Waals surface area contributed by atoms with Gasteiger partial charge in [0.05, 0.1) is 0 Å². The number of nitrogens with zero attached hydrogens (tertiary/aromatic N) is 1. The molecule has 32 heavy (non-hydrogen) atoms. The van der Waals surface area contributed by atoms with E-state index in [1.165, 1.54) is 24.3 Å². The number of carbonyl (C=O) groups excluding carboxylic acids is 1. The summed E-state index contributed by atoms with van der Waals surface area (Å²) in [6.07, 6.45) is -0.253. The van der Waals surface area contributed by atoms with Crippen LogP contribution in [-0.2, 0) is 0 Å². The van der Waals surface area contributed by atoms with E-state index in [1.54, 1.807) is 0 Å². The molecule has 8 heteroatoms. The molecule has 3 unspecified atom stereocenters. The normalized spacial score (nSPS) is 22.4. The lowest BCUT2D eigenvalue weighted by atomic mass is 9.82. The van der Waals surface area contributed by atoms with E-state index in [9.17, 15) is 18.0 Å². The number of alkyl halides is 3. The first-order valence-corrected chi connectivity index (χ1v) is 11.0. The minimum atomic E-state index is -4.77. The van der Waals surface area contributed by atoms with E-state index in [-0.39, 0.29) is 36.3 Å². The fourth-order valence-electron chi connectivity index (χ4n) is 5.01. The van der Waals surface area contributed by atoms with Crippen molar-refractivity contribution in [3.63, 3.8) is 0 Å². The molecule has 4 rings (SSSR count). The lowest BCUT2D eigenvalue weighted by Crippen LogP contribution is -2.50. The summed E-state index contributed by atoms with van der Waals surface area (Å²) in [5.74, 6) is -0.304. The number of para-hydroxylation sites is 1. The predicted octanol–water partition coefficient (Wildman–Crippen LogP) is 4.82. The van der Waals surface area contributed by atoms with E-state index in [0.29, 0.717) is 5.56 Å². The molecule has 2 aromatic carbocycles. The van der Waals surface area contributed by atoms with E-state index >= 15 is 0 Å². The highest BCUT2D eigenvalue weighted by atomic mass is 19.4. The zero-order valence-electron chi connectivity index (χ0n) is 17.6. The van der Waals surface area contributed by atoms with Crippen molar-refractivity contribution in [1.29, 1.82) is 0 Å². The van der Waals surface area contributed by atoms with Crippen LogP contribution in [0.1, 0.15) is 54.1 Å². The number of benzene rings is 2. The van der Waals surface area contributed by atoms with Gasteiger partial charge in [0.1, 0.15) is 5.75 Å². The molecule has 1 fully saturated rings. The van der Waals surface area contributed by atoms with Crippen molar-refractivity contribution in [3.8, 4) is 5.75 Å². The molecule has 1 saturated carbocycles. The van der Waals surface area contributed by atoms with E-state index in [1.807, 2.05) is 29.2 Å². The number of carbonyl (C=O) groups is 1. The van der Waals surface area contributed by atoms with Crippen molar-refractivity contribution < 1.29 is 27.8 Å². The SMILES string of the molecule is O=C(c1ccc(OC(F)(F)F)cc1)N1c2ccccc2C(NCCCCO)C2CCCC21. The number of hydrogen-bond acceptors (Lipinski definition) is 4. The summed E-state index contributed by atoms with van der Waals surface area (Å²) in [6, 6.07) is 13.1. The Bertz CT molecular complexity index is 933. The Morgan fingerprint density at radius 2 is 1.84 bits per heavy atom. The number of ether oxygens (including phenoxy) is 1. The standard InChI is InChI=1S/C24H27F3N2O3/c25-24(26,27)32-17-12-10-16(11-13-17)23(31)29-20-8-2-1-6-18(20)22(28-14-3-4-15-30)19-7-5-9-21(19)29/h1-2,6,8,10-13,19,21-22,28,30H,3-5,7,9,14-15H2. The molecule has 0 radical (unpaired) electrons. The molecule has 3 atom stereocenters. The van der Waals surface area contributed by atoms with Gasteiger partial charge in [0.25, 0.3) is 5.91 Å². The van der Waals surface area contributed by atoms with Gasteiger partial charge in [-0.15, -0.1) is 13.2 Å². The van der Waals surface area contributed by atoms with Gasteiger partial charge in [-0.2, -0.15) is 0 Å². The average Bonchev–Trinajstić information content (AvgIpc) is 3.24. The first kappa shape index (κ1) is 22.6. The van der Waals surface area contributed by atoms with Crippen LogP contribution in [0.25, 0.3) is 0 Å². The van der Waals surface area contributed by atoms with Crippen LogP contribution in [-0.4, -0.2) is 36.6 Å². The summed E-state index contributed by atoms with van der Waals surface area (Å²) in [6.45, 7) is 0.960. The number of halogens is 3. The summed E-state index contributed by atoms with van der Waals surface area (Å²) in [4.78, 5) is 15.4. The van der Waals surface area contributed by atoms with Gasteiger partial charge in [-0.1, -0.05) is 24.6 Å². The Hall–Kier alpha value is -2.58. The number of aliphatic hydroxyl groups is 1. The molecule has 0 aromatic heterocycles. The van der Waals surface area contributed by atoms with E-state index in [2.05, 4.69) is 10.1 Å². The second-order valence-corrected chi connectivity index (χ2v) is 8.33. The molecule has 0 bridgehead atoms. The van der Waals surface area contributed by atoms with Gasteiger partial charge in [0.15, 0.2) is 0 Å². The second kappa shape index (κ2) is 9.50. The minimum absolute atomic E-state index is 0.0267. The topological polar surface area (TPSA) is 61.8 Å². The van der Waals surface area contributed by atoms with Crippen molar-refractivity contribution in [3.05, 3.63) is 59.7 Å². The van der Waals surface area contributed by atoms with E-state index in [4.69, 9.17) is 5.11 Å². The Morgan fingerprint density at radius 3 is 2.56 bits per heavy atom. The van der Waals surface area contributed by atoms with Crippen LogP contribution in [0.15, 0.2) is 48.5 Å². The smallest absolute Gasteiger partial charge is 0.406 e. The predicted molar refractivity (Wildman–Crippen MR) is 115 cm³/mol. The van der Waals surface area contributed by atoms with Crippen LogP contribution >= 0.6 is 0 Å². The molecule has 0 saturated heterocycles. The summed E-state index contributed by atoms with van der Waals surface area (Å²) < 4.78 is 41.3. The summed E-state index contributed by atoms with van der Waals surface area (Å²) in [7, 11) is 0. The quantitative estimate of drug-likeness (QED) is 0.597. The molecule has 0 spiro atoms.